The standard InChI is InChI=1S/C12H22O2S/c1-2-10-15-12(11(13)14)8-6-4-3-5-7-9-12/h2-10H2,1H3,(H,13,14). The van der Waals surface area contributed by atoms with Gasteiger partial charge in [0.15, 0.2) is 0 Å². The molecular weight excluding hydrogens is 208 g/mol. The number of hydrogen-bond acceptors (Lipinski definition) is 2. The average Bonchev–Trinajstić information content (AvgIpc) is 2.16. The van der Waals surface area contributed by atoms with Gasteiger partial charge >= 0.3 is 5.97 Å². The number of rotatable bonds is 4. The van der Waals surface area contributed by atoms with Gasteiger partial charge in [-0.05, 0) is 25.0 Å². The summed E-state index contributed by atoms with van der Waals surface area (Å²) in [6.45, 7) is 2.12. The summed E-state index contributed by atoms with van der Waals surface area (Å²) in [4.78, 5) is 11.4. The Kier molecular flexibility index (Phi) is 5.51. The first-order valence-corrected chi connectivity index (χ1v) is 7.07. The number of carbonyl (C=O) groups is 1. The van der Waals surface area contributed by atoms with Crippen molar-refractivity contribution >= 4 is 17.7 Å². The maximum absolute atomic E-state index is 11.4. The molecule has 15 heavy (non-hydrogen) atoms. The second-order valence-corrected chi connectivity index (χ2v) is 5.89. The van der Waals surface area contributed by atoms with Crippen molar-refractivity contribution < 1.29 is 9.90 Å². The molecule has 0 aromatic heterocycles. The fraction of sp³-hybridized carbons (Fsp3) is 0.917. The normalized spacial score (nSPS) is 21.7. The largest absolute Gasteiger partial charge is 0.480 e. The highest BCUT2D eigenvalue weighted by molar-refractivity contribution is 8.01. The maximum atomic E-state index is 11.4. The van der Waals surface area contributed by atoms with Crippen LogP contribution in [0.3, 0.4) is 0 Å². The quantitative estimate of drug-likeness (QED) is 0.800. The number of hydrogen-bond donors (Lipinski definition) is 1. The van der Waals surface area contributed by atoms with Gasteiger partial charge in [0.05, 0.1) is 0 Å². The molecule has 0 unspecified atom stereocenters. The van der Waals surface area contributed by atoms with Crippen LogP contribution in [0.2, 0.25) is 0 Å². The van der Waals surface area contributed by atoms with Crippen LogP contribution in [-0.2, 0) is 4.79 Å². The fourth-order valence-corrected chi connectivity index (χ4v) is 3.49. The molecule has 0 bridgehead atoms. The van der Waals surface area contributed by atoms with E-state index in [1.54, 1.807) is 11.8 Å². The first kappa shape index (κ1) is 12.9. The topological polar surface area (TPSA) is 37.3 Å². The van der Waals surface area contributed by atoms with Crippen molar-refractivity contribution in [3.8, 4) is 0 Å². The second-order valence-electron chi connectivity index (χ2n) is 4.42. The monoisotopic (exact) mass is 230 g/mol. The minimum Gasteiger partial charge on any atom is -0.480 e. The third kappa shape index (κ3) is 3.71. The van der Waals surface area contributed by atoms with E-state index in [1.165, 1.54) is 19.3 Å². The summed E-state index contributed by atoms with van der Waals surface area (Å²) in [6, 6.07) is 0. The third-order valence-corrected chi connectivity index (χ3v) is 4.88. The average molecular weight is 230 g/mol. The van der Waals surface area contributed by atoms with Crippen LogP contribution in [0.1, 0.15) is 58.3 Å². The molecule has 1 aliphatic rings. The predicted molar refractivity (Wildman–Crippen MR) is 65.4 cm³/mol. The first-order valence-electron chi connectivity index (χ1n) is 6.08. The van der Waals surface area contributed by atoms with Gasteiger partial charge in [-0.3, -0.25) is 4.79 Å². The molecule has 0 aromatic carbocycles. The van der Waals surface area contributed by atoms with Crippen LogP contribution in [0.4, 0.5) is 0 Å². The molecule has 0 atom stereocenters. The SMILES string of the molecule is CCCSC1(C(=O)O)CCCCCCC1. The van der Waals surface area contributed by atoms with E-state index in [9.17, 15) is 9.90 Å². The molecule has 0 radical (unpaired) electrons. The lowest BCUT2D eigenvalue weighted by Gasteiger charge is -2.30. The molecule has 1 fully saturated rings. The zero-order valence-electron chi connectivity index (χ0n) is 9.63. The van der Waals surface area contributed by atoms with Gasteiger partial charge in [0.1, 0.15) is 4.75 Å². The predicted octanol–water partition coefficient (Wildman–Crippen LogP) is 3.70. The first-order chi connectivity index (χ1) is 7.21. The van der Waals surface area contributed by atoms with Crippen molar-refractivity contribution in [3.05, 3.63) is 0 Å². The Hall–Kier alpha value is -0.180. The molecule has 1 saturated carbocycles. The van der Waals surface area contributed by atoms with Crippen molar-refractivity contribution in [3.63, 3.8) is 0 Å². The van der Waals surface area contributed by atoms with Gasteiger partial charge in [-0.15, -0.1) is 11.8 Å². The summed E-state index contributed by atoms with van der Waals surface area (Å²) >= 11 is 1.68. The van der Waals surface area contributed by atoms with Crippen molar-refractivity contribution in [2.45, 2.75) is 63.0 Å². The van der Waals surface area contributed by atoms with Crippen molar-refractivity contribution in [2.24, 2.45) is 0 Å². The van der Waals surface area contributed by atoms with Crippen LogP contribution in [0.25, 0.3) is 0 Å². The van der Waals surface area contributed by atoms with Crippen LogP contribution in [0.5, 0.6) is 0 Å². The Balaban J connectivity index is 2.62. The molecule has 1 rings (SSSR count). The molecule has 0 heterocycles. The number of thioether (sulfide) groups is 1. The highest BCUT2D eigenvalue weighted by Crippen LogP contribution is 2.38. The van der Waals surface area contributed by atoms with Gasteiger partial charge in [0.25, 0.3) is 0 Å². The minimum atomic E-state index is -0.581. The highest BCUT2D eigenvalue weighted by atomic mass is 32.2. The van der Waals surface area contributed by atoms with Crippen LogP contribution >= 0.6 is 11.8 Å². The van der Waals surface area contributed by atoms with Gasteiger partial charge < -0.3 is 5.11 Å². The van der Waals surface area contributed by atoms with Crippen molar-refractivity contribution in [1.29, 1.82) is 0 Å². The van der Waals surface area contributed by atoms with Gasteiger partial charge in [-0.25, -0.2) is 0 Å². The Morgan fingerprint density at radius 2 is 1.73 bits per heavy atom. The summed E-state index contributed by atoms with van der Waals surface area (Å²) in [5, 5.41) is 9.41. The van der Waals surface area contributed by atoms with E-state index in [0.717, 1.165) is 37.9 Å². The van der Waals surface area contributed by atoms with E-state index in [2.05, 4.69) is 6.92 Å². The van der Waals surface area contributed by atoms with E-state index in [1.807, 2.05) is 0 Å². The van der Waals surface area contributed by atoms with Crippen molar-refractivity contribution in [2.75, 3.05) is 5.75 Å². The van der Waals surface area contributed by atoms with Crippen molar-refractivity contribution in [1.82, 2.24) is 0 Å². The van der Waals surface area contributed by atoms with Gasteiger partial charge in [0.2, 0.25) is 0 Å². The molecule has 1 N–H and O–H groups in total. The number of carboxylic acid groups (broad SMARTS) is 1. The fourth-order valence-electron chi connectivity index (χ4n) is 2.19. The third-order valence-electron chi connectivity index (χ3n) is 3.13. The van der Waals surface area contributed by atoms with E-state index >= 15 is 0 Å². The van der Waals surface area contributed by atoms with Crippen LogP contribution < -0.4 is 0 Å². The van der Waals surface area contributed by atoms with Crippen LogP contribution in [-0.4, -0.2) is 21.6 Å². The Morgan fingerprint density at radius 1 is 1.20 bits per heavy atom. The molecule has 0 aromatic rings. The molecule has 3 heteroatoms. The summed E-state index contributed by atoms with van der Waals surface area (Å²) in [5.41, 5.74) is 0. The molecule has 1 aliphatic carbocycles. The molecule has 0 spiro atoms. The van der Waals surface area contributed by atoms with E-state index in [-0.39, 0.29) is 0 Å². The molecule has 0 amide bonds. The van der Waals surface area contributed by atoms with E-state index in [0.29, 0.717) is 0 Å². The van der Waals surface area contributed by atoms with E-state index < -0.39 is 10.7 Å². The van der Waals surface area contributed by atoms with Crippen LogP contribution in [0.15, 0.2) is 0 Å². The molecule has 0 aliphatic heterocycles. The Bertz CT molecular complexity index is 190. The van der Waals surface area contributed by atoms with Gasteiger partial charge in [-0.2, -0.15) is 0 Å². The lowest BCUT2D eigenvalue weighted by Crippen LogP contribution is -2.36. The maximum Gasteiger partial charge on any atom is 0.319 e. The van der Waals surface area contributed by atoms with Gasteiger partial charge in [0, 0.05) is 0 Å². The summed E-state index contributed by atoms with van der Waals surface area (Å²) < 4.78 is -0.462. The molecule has 2 nitrogen and oxygen atoms in total. The lowest BCUT2D eigenvalue weighted by molar-refractivity contribution is -0.140. The summed E-state index contributed by atoms with van der Waals surface area (Å²) in [5.74, 6) is 0.398. The van der Waals surface area contributed by atoms with Gasteiger partial charge in [-0.1, -0.05) is 39.0 Å². The molecule has 0 saturated heterocycles. The number of aliphatic carboxylic acids is 1. The highest BCUT2D eigenvalue weighted by Gasteiger charge is 2.38. The molecule has 88 valence electrons. The lowest BCUT2D eigenvalue weighted by atomic mass is 9.90. The van der Waals surface area contributed by atoms with E-state index in [4.69, 9.17) is 0 Å². The number of carboxylic acids is 1. The smallest absolute Gasteiger partial charge is 0.319 e. The van der Waals surface area contributed by atoms with Crippen LogP contribution in [0, 0.1) is 0 Å². The Labute approximate surface area is 96.8 Å². The Morgan fingerprint density at radius 3 is 2.20 bits per heavy atom. The zero-order chi connectivity index (χ0) is 11.1. The summed E-state index contributed by atoms with van der Waals surface area (Å²) in [7, 11) is 0. The summed E-state index contributed by atoms with van der Waals surface area (Å²) in [6.07, 6.45) is 8.68. The second kappa shape index (κ2) is 6.41. The zero-order valence-corrected chi connectivity index (χ0v) is 10.4. The molecular formula is C12H22O2S. The minimum absolute atomic E-state index is 0.462.